The summed E-state index contributed by atoms with van der Waals surface area (Å²) in [5.74, 6) is -0.214. The molecule has 0 aliphatic carbocycles. The van der Waals surface area contributed by atoms with Crippen LogP contribution in [0.1, 0.15) is 5.56 Å². The van der Waals surface area contributed by atoms with Gasteiger partial charge in [0.05, 0.1) is 0 Å². The highest BCUT2D eigenvalue weighted by Crippen LogP contribution is 2.04. The monoisotopic (exact) mass is 242 g/mol. The molecule has 0 spiro atoms. The molecule has 0 atom stereocenters. The first-order valence-corrected chi connectivity index (χ1v) is 5.67. The molecule has 0 aliphatic rings. The number of nitrogens with zero attached hydrogens (tertiary/aromatic N) is 1. The highest BCUT2D eigenvalue weighted by molar-refractivity contribution is 5.90. The minimum absolute atomic E-state index is 0.0232. The van der Waals surface area contributed by atoms with Gasteiger partial charge in [-0.25, -0.2) is 0 Å². The van der Waals surface area contributed by atoms with Gasteiger partial charge in [0, 0.05) is 18.0 Å². The van der Waals surface area contributed by atoms with Crippen LogP contribution in [-0.2, 0) is 11.3 Å². The first kappa shape index (κ1) is 12.1. The number of aromatic nitrogens is 1. The van der Waals surface area contributed by atoms with E-state index in [1.54, 1.807) is 24.4 Å². The second-order valence-corrected chi connectivity index (χ2v) is 4.09. The van der Waals surface area contributed by atoms with Gasteiger partial charge in [-0.15, -0.1) is 0 Å². The number of nitrogens with one attached hydrogen (secondary N) is 1. The Balaban J connectivity index is 2.08. The van der Waals surface area contributed by atoms with Crippen molar-refractivity contribution in [1.82, 2.24) is 4.57 Å². The van der Waals surface area contributed by atoms with Crippen LogP contribution in [0.25, 0.3) is 0 Å². The minimum atomic E-state index is -0.214. The second-order valence-electron chi connectivity index (χ2n) is 4.09. The molecule has 2 rings (SSSR count). The van der Waals surface area contributed by atoms with Gasteiger partial charge in [-0.1, -0.05) is 24.3 Å². The number of benzene rings is 1. The molecule has 1 N–H and O–H groups in total. The number of carbonyl (C=O) groups is 1. The number of hydrogen-bond donors (Lipinski definition) is 1. The first-order chi connectivity index (χ1) is 8.65. The lowest BCUT2D eigenvalue weighted by molar-refractivity contribution is -0.116. The summed E-state index contributed by atoms with van der Waals surface area (Å²) in [4.78, 5) is 23.3. The van der Waals surface area contributed by atoms with Crippen LogP contribution in [-0.4, -0.2) is 10.5 Å². The Morgan fingerprint density at radius 1 is 1.17 bits per heavy atom. The fraction of sp³-hybridized carbons (Fsp3) is 0.143. The summed E-state index contributed by atoms with van der Waals surface area (Å²) in [6.07, 6.45) is 1.67. The first-order valence-electron chi connectivity index (χ1n) is 5.67. The molecule has 1 aromatic carbocycles. The topological polar surface area (TPSA) is 51.1 Å². The van der Waals surface area contributed by atoms with E-state index in [4.69, 9.17) is 0 Å². The van der Waals surface area contributed by atoms with Crippen molar-refractivity contribution >= 4 is 11.6 Å². The summed E-state index contributed by atoms with van der Waals surface area (Å²) in [6.45, 7) is 1.90. The van der Waals surface area contributed by atoms with Crippen molar-refractivity contribution in [2.75, 3.05) is 5.32 Å². The average Bonchev–Trinajstić information content (AvgIpc) is 2.35. The quantitative estimate of drug-likeness (QED) is 0.892. The Labute approximate surface area is 105 Å². The zero-order chi connectivity index (χ0) is 13.0. The summed E-state index contributed by atoms with van der Waals surface area (Å²) < 4.78 is 1.40. The van der Waals surface area contributed by atoms with Crippen molar-refractivity contribution < 1.29 is 4.79 Å². The second kappa shape index (κ2) is 5.31. The Bertz CT molecular complexity index is 603. The molecule has 4 heteroatoms. The van der Waals surface area contributed by atoms with Gasteiger partial charge in [0.1, 0.15) is 6.54 Å². The van der Waals surface area contributed by atoms with E-state index in [9.17, 15) is 9.59 Å². The van der Waals surface area contributed by atoms with Crippen LogP contribution >= 0.6 is 0 Å². The minimum Gasteiger partial charge on any atom is -0.325 e. The van der Waals surface area contributed by atoms with E-state index in [1.165, 1.54) is 10.6 Å². The number of para-hydroxylation sites is 1. The van der Waals surface area contributed by atoms with Gasteiger partial charge in [0.15, 0.2) is 0 Å². The Hall–Kier alpha value is -2.36. The maximum absolute atomic E-state index is 11.8. The SMILES string of the molecule is Cc1ccc(=O)n(CC(=O)Nc2ccccc2)c1. The van der Waals surface area contributed by atoms with Gasteiger partial charge < -0.3 is 9.88 Å². The van der Waals surface area contributed by atoms with E-state index in [-0.39, 0.29) is 18.0 Å². The van der Waals surface area contributed by atoms with Crippen LogP contribution in [0, 0.1) is 6.92 Å². The number of amides is 1. The lowest BCUT2D eigenvalue weighted by Gasteiger charge is -2.07. The highest BCUT2D eigenvalue weighted by atomic mass is 16.2. The Morgan fingerprint density at radius 3 is 2.61 bits per heavy atom. The zero-order valence-corrected chi connectivity index (χ0v) is 10.1. The molecule has 92 valence electrons. The van der Waals surface area contributed by atoms with E-state index >= 15 is 0 Å². The molecule has 18 heavy (non-hydrogen) atoms. The molecule has 1 aromatic heterocycles. The van der Waals surface area contributed by atoms with Gasteiger partial charge in [0.25, 0.3) is 5.56 Å². The number of carbonyl (C=O) groups excluding carboxylic acids is 1. The maximum atomic E-state index is 11.8. The molecule has 0 fully saturated rings. The van der Waals surface area contributed by atoms with Crippen LogP contribution in [0.3, 0.4) is 0 Å². The van der Waals surface area contributed by atoms with Crippen molar-refractivity contribution in [3.63, 3.8) is 0 Å². The van der Waals surface area contributed by atoms with Gasteiger partial charge in [-0.2, -0.15) is 0 Å². The molecule has 1 heterocycles. The molecular formula is C14H14N2O2. The Morgan fingerprint density at radius 2 is 1.89 bits per heavy atom. The van der Waals surface area contributed by atoms with Crippen molar-refractivity contribution in [3.8, 4) is 0 Å². The van der Waals surface area contributed by atoms with Crippen LogP contribution in [0.5, 0.6) is 0 Å². The van der Waals surface area contributed by atoms with E-state index in [0.29, 0.717) is 0 Å². The van der Waals surface area contributed by atoms with E-state index in [1.807, 2.05) is 25.1 Å². The van der Waals surface area contributed by atoms with Crippen LogP contribution in [0.4, 0.5) is 5.69 Å². The van der Waals surface area contributed by atoms with E-state index < -0.39 is 0 Å². The fourth-order valence-electron chi connectivity index (χ4n) is 1.65. The molecule has 0 aliphatic heterocycles. The molecule has 1 amide bonds. The fourth-order valence-corrected chi connectivity index (χ4v) is 1.65. The molecule has 4 nitrogen and oxygen atoms in total. The van der Waals surface area contributed by atoms with Crippen LogP contribution in [0.2, 0.25) is 0 Å². The van der Waals surface area contributed by atoms with Gasteiger partial charge in [-0.05, 0) is 24.6 Å². The molecule has 0 radical (unpaired) electrons. The molecule has 0 saturated carbocycles. The third-order valence-electron chi connectivity index (χ3n) is 2.50. The Kier molecular flexibility index (Phi) is 3.57. The van der Waals surface area contributed by atoms with Gasteiger partial charge >= 0.3 is 0 Å². The van der Waals surface area contributed by atoms with Crippen LogP contribution in [0.15, 0.2) is 53.5 Å². The number of anilines is 1. The third kappa shape index (κ3) is 3.07. The molecular weight excluding hydrogens is 228 g/mol. The van der Waals surface area contributed by atoms with Crippen molar-refractivity contribution in [2.45, 2.75) is 13.5 Å². The van der Waals surface area contributed by atoms with Crippen molar-refractivity contribution in [3.05, 3.63) is 64.6 Å². The van der Waals surface area contributed by atoms with E-state index in [2.05, 4.69) is 5.32 Å². The largest absolute Gasteiger partial charge is 0.325 e. The van der Waals surface area contributed by atoms with Crippen LogP contribution < -0.4 is 10.9 Å². The van der Waals surface area contributed by atoms with Gasteiger partial charge in [0.2, 0.25) is 5.91 Å². The van der Waals surface area contributed by atoms with Gasteiger partial charge in [-0.3, -0.25) is 9.59 Å². The number of pyridine rings is 1. The molecule has 2 aromatic rings. The molecule has 0 bridgehead atoms. The molecule has 0 saturated heterocycles. The third-order valence-corrected chi connectivity index (χ3v) is 2.50. The predicted octanol–water partition coefficient (Wildman–Crippen LogP) is 1.80. The van der Waals surface area contributed by atoms with Crippen molar-refractivity contribution in [1.29, 1.82) is 0 Å². The summed E-state index contributed by atoms with van der Waals surface area (Å²) in [7, 11) is 0. The maximum Gasteiger partial charge on any atom is 0.251 e. The average molecular weight is 242 g/mol. The number of hydrogen-bond acceptors (Lipinski definition) is 2. The smallest absolute Gasteiger partial charge is 0.251 e. The zero-order valence-electron chi connectivity index (χ0n) is 10.1. The lowest BCUT2D eigenvalue weighted by Crippen LogP contribution is -2.26. The van der Waals surface area contributed by atoms with E-state index in [0.717, 1.165) is 11.3 Å². The predicted molar refractivity (Wildman–Crippen MR) is 70.5 cm³/mol. The standard InChI is InChI=1S/C14H14N2O2/c1-11-7-8-14(18)16(9-11)10-13(17)15-12-5-3-2-4-6-12/h2-9H,10H2,1H3,(H,15,17). The lowest BCUT2D eigenvalue weighted by atomic mass is 10.3. The van der Waals surface area contributed by atoms with Crippen molar-refractivity contribution in [2.24, 2.45) is 0 Å². The highest BCUT2D eigenvalue weighted by Gasteiger charge is 2.04. The summed E-state index contributed by atoms with van der Waals surface area (Å²) in [5.41, 5.74) is 1.49. The number of rotatable bonds is 3. The summed E-state index contributed by atoms with van der Waals surface area (Å²) in [5, 5.41) is 2.74. The summed E-state index contributed by atoms with van der Waals surface area (Å²) >= 11 is 0. The normalized spacial score (nSPS) is 10.1. The molecule has 0 unspecified atom stereocenters. The summed E-state index contributed by atoms with van der Waals surface area (Å²) in [6, 6.07) is 12.4. The number of aryl methyl sites for hydroxylation is 1.